The fourth-order valence-electron chi connectivity index (χ4n) is 4.37. The summed E-state index contributed by atoms with van der Waals surface area (Å²) in [6, 6.07) is 0. The lowest BCUT2D eigenvalue weighted by Crippen LogP contribution is -2.53. The summed E-state index contributed by atoms with van der Waals surface area (Å²) < 4.78 is 23.4. The molecule has 8 heteroatoms. The summed E-state index contributed by atoms with van der Waals surface area (Å²) in [4.78, 5) is 5.07. The molecule has 0 radical (unpaired) electrons. The zero-order chi connectivity index (χ0) is 28.7. The number of ether oxygens (including phenoxy) is 4. The standard InChI is InChI=1S/C30H64N4O4/c1-27(2,3)31-13-20-36-25-26-38-30(9,10)12-11-29(7,8)32-14-21-35-23-24-37-22-19-33-15-17-34(18-16-33)28(4,5)6/h31-32H,11-26H2,1-10H3. The number of rotatable bonds is 20. The van der Waals surface area contributed by atoms with Crippen molar-refractivity contribution in [2.75, 3.05) is 92.1 Å². The molecule has 8 nitrogen and oxygen atoms in total. The fourth-order valence-corrected chi connectivity index (χ4v) is 4.37. The maximum atomic E-state index is 6.10. The Morgan fingerprint density at radius 1 is 0.579 bits per heavy atom. The van der Waals surface area contributed by atoms with Gasteiger partial charge in [0, 0.05) is 62.4 Å². The molecule has 1 fully saturated rings. The van der Waals surface area contributed by atoms with E-state index in [4.69, 9.17) is 18.9 Å². The lowest BCUT2D eigenvalue weighted by atomic mass is 9.91. The largest absolute Gasteiger partial charge is 0.378 e. The van der Waals surface area contributed by atoms with Crippen molar-refractivity contribution in [2.45, 2.75) is 104 Å². The van der Waals surface area contributed by atoms with E-state index in [0.717, 1.165) is 65.3 Å². The summed E-state index contributed by atoms with van der Waals surface area (Å²) in [5.41, 5.74) is 0.271. The molecule has 1 aliphatic rings. The number of nitrogens with one attached hydrogen (secondary N) is 2. The predicted molar refractivity (Wildman–Crippen MR) is 159 cm³/mol. The Balaban J connectivity index is 1.99. The summed E-state index contributed by atoms with van der Waals surface area (Å²) >= 11 is 0. The molecule has 0 saturated carbocycles. The van der Waals surface area contributed by atoms with Crippen molar-refractivity contribution in [2.24, 2.45) is 0 Å². The Hall–Kier alpha value is -0.320. The van der Waals surface area contributed by atoms with E-state index in [0.29, 0.717) is 39.6 Å². The molecule has 1 heterocycles. The van der Waals surface area contributed by atoms with Crippen LogP contribution in [0.3, 0.4) is 0 Å². The van der Waals surface area contributed by atoms with Gasteiger partial charge in [-0.1, -0.05) is 0 Å². The molecule has 0 aliphatic carbocycles. The topological polar surface area (TPSA) is 67.5 Å². The molecule has 1 saturated heterocycles. The van der Waals surface area contributed by atoms with Crippen molar-refractivity contribution >= 4 is 0 Å². The maximum absolute atomic E-state index is 6.10. The van der Waals surface area contributed by atoms with Crippen LogP contribution in [0.15, 0.2) is 0 Å². The Morgan fingerprint density at radius 3 is 1.66 bits per heavy atom. The van der Waals surface area contributed by atoms with Gasteiger partial charge in [0.2, 0.25) is 0 Å². The third-order valence-corrected chi connectivity index (χ3v) is 7.07. The van der Waals surface area contributed by atoms with Gasteiger partial charge in [0.15, 0.2) is 0 Å². The first-order chi connectivity index (χ1) is 17.6. The monoisotopic (exact) mass is 544 g/mol. The molecule has 38 heavy (non-hydrogen) atoms. The van der Waals surface area contributed by atoms with Crippen molar-refractivity contribution in [3.8, 4) is 0 Å². The predicted octanol–water partition coefficient (Wildman–Crippen LogP) is 3.78. The SMILES string of the molecule is CC(C)(C)NCCOCCOC(C)(C)CCC(C)(C)NCCOCCOCCN1CCN(C(C)(C)C)CC1. The highest BCUT2D eigenvalue weighted by Gasteiger charge is 2.26. The number of piperazine rings is 1. The van der Waals surface area contributed by atoms with Gasteiger partial charge in [-0.15, -0.1) is 0 Å². The zero-order valence-corrected chi connectivity index (χ0v) is 26.8. The quantitative estimate of drug-likeness (QED) is 0.225. The van der Waals surface area contributed by atoms with Crippen molar-refractivity contribution in [1.82, 2.24) is 20.4 Å². The van der Waals surface area contributed by atoms with Crippen LogP contribution >= 0.6 is 0 Å². The van der Waals surface area contributed by atoms with Gasteiger partial charge >= 0.3 is 0 Å². The van der Waals surface area contributed by atoms with Crippen LogP contribution < -0.4 is 10.6 Å². The lowest BCUT2D eigenvalue weighted by Gasteiger charge is -2.42. The molecule has 0 spiro atoms. The van der Waals surface area contributed by atoms with Gasteiger partial charge in [0.05, 0.1) is 51.8 Å². The normalized spacial score (nSPS) is 16.9. The Labute approximate surface area is 235 Å². The second-order valence-electron chi connectivity index (χ2n) is 13.9. The van der Waals surface area contributed by atoms with Crippen LogP contribution in [0.2, 0.25) is 0 Å². The highest BCUT2D eigenvalue weighted by atomic mass is 16.5. The molecular weight excluding hydrogens is 480 g/mol. The molecule has 0 aromatic heterocycles. The molecule has 1 rings (SSSR count). The Kier molecular flexibility index (Phi) is 16.4. The minimum atomic E-state index is -0.167. The molecule has 0 bridgehead atoms. The van der Waals surface area contributed by atoms with Crippen LogP contribution in [0.5, 0.6) is 0 Å². The van der Waals surface area contributed by atoms with E-state index < -0.39 is 0 Å². The van der Waals surface area contributed by atoms with Gasteiger partial charge in [-0.3, -0.25) is 9.80 Å². The van der Waals surface area contributed by atoms with Gasteiger partial charge in [0.1, 0.15) is 0 Å². The van der Waals surface area contributed by atoms with E-state index in [1.54, 1.807) is 0 Å². The van der Waals surface area contributed by atoms with Gasteiger partial charge < -0.3 is 29.6 Å². The average Bonchev–Trinajstić information content (AvgIpc) is 2.80. The van der Waals surface area contributed by atoms with Crippen LogP contribution in [0.1, 0.15) is 82.1 Å². The number of hydrogen-bond donors (Lipinski definition) is 2. The summed E-state index contributed by atoms with van der Waals surface area (Å²) in [6.45, 7) is 34.2. The molecule has 228 valence electrons. The van der Waals surface area contributed by atoms with E-state index in [-0.39, 0.29) is 22.2 Å². The van der Waals surface area contributed by atoms with E-state index in [1.165, 1.54) is 0 Å². The Bertz CT molecular complexity index is 594. The van der Waals surface area contributed by atoms with Crippen molar-refractivity contribution in [1.29, 1.82) is 0 Å². The van der Waals surface area contributed by atoms with E-state index in [2.05, 4.69) is 89.7 Å². The minimum absolute atomic E-state index is 0.0344. The van der Waals surface area contributed by atoms with Crippen LogP contribution in [-0.2, 0) is 18.9 Å². The molecule has 0 aromatic carbocycles. The number of nitrogens with zero attached hydrogens (tertiary/aromatic N) is 2. The van der Waals surface area contributed by atoms with Crippen molar-refractivity contribution in [3.63, 3.8) is 0 Å². The third kappa shape index (κ3) is 18.9. The van der Waals surface area contributed by atoms with E-state index in [9.17, 15) is 0 Å². The maximum Gasteiger partial charge on any atom is 0.0707 e. The first kappa shape index (κ1) is 35.7. The van der Waals surface area contributed by atoms with Crippen molar-refractivity contribution in [3.05, 3.63) is 0 Å². The van der Waals surface area contributed by atoms with Gasteiger partial charge in [-0.25, -0.2) is 0 Å². The van der Waals surface area contributed by atoms with E-state index >= 15 is 0 Å². The van der Waals surface area contributed by atoms with Gasteiger partial charge in [0.25, 0.3) is 0 Å². The minimum Gasteiger partial charge on any atom is -0.378 e. The first-order valence-corrected chi connectivity index (χ1v) is 14.9. The van der Waals surface area contributed by atoms with Crippen LogP contribution in [-0.4, -0.2) is 124 Å². The summed E-state index contributed by atoms with van der Waals surface area (Å²) in [5.74, 6) is 0. The average molecular weight is 545 g/mol. The first-order valence-electron chi connectivity index (χ1n) is 14.9. The third-order valence-electron chi connectivity index (χ3n) is 7.07. The lowest BCUT2D eigenvalue weighted by molar-refractivity contribution is -0.0537. The van der Waals surface area contributed by atoms with Crippen LogP contribution in [0.25, 0.3) is 0 Å². The fraction of sp³-hybridized carbons (Fsp3) is 1.00. The number of hydrogen-bond acceptors (Lipinski definition) is 8. The van der Waals surface area contributed by atoms with Gasteiger partial charge in [-0.2, -0.15) is 0 Å². The van der Waals surface area contributed by atoms with Crippen molar-refractivity contribution < 1.29 is 18.9 Å². The molecular formula is C30H64N4O4. The highest BCUT2D eigenvalue weighted by Crippen LogP contribution is 2.22. The molecule has 0 amide bonds. The summed E-state index contributed by atoms with van der Waals surface area (Å²) in [5, 5.41) is 7.06. The van der Waals surface area contributed by atoms with Gasteiger partial charge in [-0.05, 0) is 82.1 Å². The molecule has 1 aliphatic heterocycles. The molecule has 0 atom stereocenters. The second kappa shape index (κ2) is 17.5. The highest BCUT2D eigenvalue weighted by molar-refractivity contribution is 4.83. The summed E-state index contributed by atoms with van der Waals surface area (Å²) in [7, 11) is 0. The summed E-state index contributed by atoms with van der Waals surface area (Å²) in [6.07, 6.45) is 2.02. The molecule has 0 unspecified atom stereocenters. The van der Waals surface area contributed by atoms with E-state index in [1.807, 2.05) is 0 Å². The Morgan fingerprint density at radius 2 is 1.11 bits per heavy atom. The molecule has 0 aromatic rings. The van der Waals surface area contributed by atoms with Crippen LogP contribution in [0.4, 0.5) is 0 Å². The smallest absolute Gasteiger partial charge is 0.0707 e. The molecule has 2 N–H and O–H groups in total. The van der Waals surface area contributed by atoms with Crippen LogP contribution in [0, 0.1) is 0 Å². The zero-order valence-electron chi connectivity index (χ0n) is 26.8. The second-order valence-corrected chi connectivity index (χ2v) is 13.9.